The molecule has 0 spiro atoms. The van der Waals surface area contributed by atoms with E-state index in [0.29, 0.717) is 0 Å². The van der Waals surface area contributed by atoms with E-state index in [1.165, 1.54) is 0 Å². The Labute approximate surface area is 137 Å². The summed E-state index contributed by atoms with van der Waals surface area (Å²) in [5.41, 5.74) is -0.453. The molecule has 1 amide bonds. The number of amides is 1. The molecule has 1 heterocycles. The summed E-state index contributed by atoms with van der Waals surface area (Å²) in [5.74, 6) is 0. The van der Waals surface area contributed by atoms with E-state index in [4.69, 9.17) is 9.16 Å². The summed E-state index contributed by atoms with van der Waals surface area (Å²) >= 11 is 0. The van der Waals surface area contributed by atoms with Crippen LogP contribution in [0.2, 0.25) is 18.1 Å². The molecule has 0 N–H and O–H groups in total. The minimum Gasteiger partial charge on any atom is -0.549 e. The third-order valence-electron chi connectivity index (χ3n) is 4.40. The van der Waals surface area contributed by atoms with Gasteiger partial charge in [0, 0.05) is 6.54 Å². The van der Waals surface area contributed by atoms with Crippen LogP contribution < -0.4 is 0 Å². The van der Waals surface area contributed by atoms with Gasteiger partial charge in [0.2, 0.25) is 8.32 Å². The fourth-order valence-electron chi connectivity index (χ4n) is 2.02. The van der Waals surface area contributed by atoms with Crippen molar-refractivity contribution in [3.63, 3.8) is 0 Å². The van der Waals surface area contributed by atoms with Crippen molar-refractivity contribution in [2.24, 2.45) is 0 Å². The van der Waals surface area contributed by atoms with Gasteiger partial charge in [0.05, 0.1) is 12.3 Å². The maximum absolute atomic E-state index is 12.2. The van der Waals surface area contributed by atoms with E-state index < -0.39 is 13.9 Å². The largest absolute Gasteiger partial charge is 0.549 e. The lowest BCUT2D eigenvalue weighted by Crippen LogP contribution is -2.40. The van der Waals surface area contributed by atoms with Crippen molar-refractivity contribution in [2.45, 2.75) is 84.2 Å². The predicted molar refractivity (Wildman–Crippen MR) is 93.4 cm³/mol. The Hall–Kier alpha value is -0.973. The molecule has 1 rings (SSSR count). The zero-order valence-electron chi connectivity index (χ0n) is 15.5. The molecular weight excluding hydrogens is 294 g/mol. The number of ether oxygens (including phenoxy) is 1. The standard InChI is InChI=1S/C17H33NO3Si/c1-16(2,3)21-15(19)18-12-9-10-14(18)11-13-20-22(7,8)17(4,5)6/h11,13-14H,9-10,12H2,1-8H3/b13-11-/t14-/m0/s1. The number of nitrogens with zero attached hydrogens (tertiary/aromatic N) is 1. The highest BCUT2D eigenvalue weighted by molar-refractivity contribution is 6.74. The van der Waals surface area contributed by atoms with Crippen LogP contribution in [0.1, 0.15) is 54.4 Å². The molecule has 0 unspecified atom stereocenters. The van der Waals surface area contributed by atoms with Crippen molar-refractivity contribution in [1.82, 2.24) is 4.90 Å². The number of hydrogen-bond donors (Lipinski definition) is 0. The first kappa shape index (κ1) is 19.1. The van der Waals surface area contributed by atoms with Crippen molar-refractivity contribution in [1.29, 1.82) is 0 Å². The van der Waals surface area contributed by atoms with E-state index in [1.807, 2.05) is 33.1 Å². The van der Waals surface area contributed by atoms with Gasteiger partial charge in [-0.15, -0.1) is 0 Å². The van der Waals surface area contributed by atoms with E-state index in [2.05, 4.69) is 33.9 Å². The van der Waals surface area contributed by atoms with Gasteiger partial charge >= 0.3 is 6.09 Å². The normalized spacial score (nSPS) is 20.5. The zero-order chi connectivity index (χ0) is 17.2. The van der Waals surface area contributed by atoms with Crippen molar-refractivity contribution < 1.29 is 14.0 Å². The zero-order valence-corrected chi connectivity index (χ0v) is 16.5. The van der Waals surface area contributed by atoms with Crippen molar-refractivity contribution in [2.75, 3.05) is 6.54 Å². The highest BCUT2D eigenvalue weighted by Gasteiger charge is 2.38. The molecule has 0 aromatic rings. The number of carbonyl (C=O) groups excluding carboxylic acids is 1. The fourth-order valence-corrected chi connectivity index (χ4v) is 2.79. The first-order valence-corrected chi connectivity index (χ1v) is 11.1. The Kier molecular flexibility index (Phi) is 5.76. The summed E-state index contributed by atoms with van der Waals surface area (Å²) < 4.78 is 11.5. The van der Waals surface area contributed by atoms with Crippen LogP contribution in [0.3, 0.4) is 0 Å². The molecule has 128 valence electrons. The number of rotatable bonds is 3. The highest BCUT2D eigenvalue weighted by Crippen LogP contribution is 2.36. The van der Waals surface area contributed by atoms with Gasteiger partial charge in [0.1, 0.15) is 5.60 Å². The fraction of sp³-hybridized carbons (Fsp3) is 0.824. The smallest absolute Gasteiger partial charge is 0.410 e. The quantitative estimate of drug-likeness (QED) is 0.545. The van der Waals surface area contributed by atoms with Gasteiger partial charge in [-0.2, -0.15) is 0 Å². The van der Waals surface area contributed by atoms with Crippen molar-refractivity contribution in [3.8, 4) is 0 Å². The molecule has 1 saturated heterocycles. The van der Waals surface area contributed by atoms with Crippen molar-refractivity contribution in [3.05, 3.63) is 12.3 Å². The predicted octanol–water partition coefficient (Wildman–Crippen LogP) is 4.92. The van der Waals surface area contributed by atoms with Crippen molar-refractivity contribution >= 4 is 14.4 Å². The van der Waals surface area contributed by atoms with Crippen LogP contribution in [0.25, 0.3) is 0 Å². The first-order valence-electron chi connectivity index (χ1n) is 8.18. The summed E-state index contributed by atoms with van der Waals surface area (Å²) in [7, 11) is -1.79. The summed E-state index contributed by atoms with van der Waals surface area (Å²) in [6.45, 7) is 17.5. The van der Waals surface area contributed by atoms with Crippen LogP contribution in [0.5, 0.6) is 0 Å². The van der Waals surface area contributed by atoms with E-state index in [0.717, 1.165) is 19.4 Å². The van der Waals surface area contributed by atoms with Gasteiger partial charge in [-0.25, -0.2) is 4.79 Å². The van der Waals surface area contributed by atoms with Gasteiger partial charge in [-0.05, 0) is 57.8 Å². The molecule has 5 heteroatoms. The molecule has 0 saturated carbocycles. The average Bonchev–Trinajstić information content (AvgIpc) is 2.73. The summed E-state index contributed by atoms with van der Waals surface area (Å²) in [5, 5.41) is 0.178. The summed E-state index contributed by atoms with van der Waals surface area (Å²) in [6.07, 6.45) is 5.57. The molecule has 0 radical (unpaired) electrons. The second kappa shape index (κ2) is 6.65. The topological polar surface area (TPSA) is 38.8 Å². The van der Waals surface area contributed by atoms with Gasteiger partial charge < -0.3 is 14.1 Å². The molecule has 0 aliphatic carbocycles. The Morgan fingerprint density at radius 2 is 1.77 bits per heavy atom. The van der Waals surface area contributed by atoms with E-state index in [-0.39, 0.29) is 17.2 Å². The van der Waals surface area contributed by atoms with Crippen LogP contribution in [0.15, 0.2) is 12.3 Å². The van der Waals surface area contributed by atoms with Crippen LogP contribution in [0, 0.1) is 0 Å². The number of carbonyl (C=O) groups is 1. The lowest BCUT2D eigenvalue weighted by Gasteiger charge is -2.35. The number of likely N-dealkylation sites (tertiary alicyclic amines) is 1. The van der Waals surface area contributed by atoms with Crippen LogP contribution >= 0.6 is 0 Å². The third-order valence-corrected chi connectivity index (χ3v) is 8.73. The molecule has 0 bridgehead atoms. The lowest BCUT2D eigenvalue weighted by molar-refractivity contribution is 0.0255. The lowest BCUT2D eigenvalue weighted by atomic mass is 10.2. The average molecular weight is 328 g/mol. The highest BCUT2D eigenvalue weighted by atomic mass is 28.4. The van der Waals surface area contributed by atoms with E-state index in [9.17, 15) is 4.79 Å². The van der Waals surface area contributed by atoms with Gasteiger partial charge in [-0.3, -0.25) is 0 Å². The molecule has 0 aromatic heterocycles. The van der Waals surface area contributed by atoms with Crippen LogP contribution in [-0.2, 0) is 9.16 Å². The third kappa shape index (κ3) is 5.34. The molecule has 22 heavy (non-hydrogen) atoms. The summed E-state index contributed by atoms with van der Waals surface area (Å²) in [6, 6.07) is 0.0830. The Bertz CT molecular complexity index is 419. The van der Waals surface area contributed by atoms with Gasteiger partial charge in [-0.1, -0.05) is 20.8 Å². The minimum atomic E-state index is -1.79. The molecule has 1 aliphatic heterocycles. The minimum absolute atomic E-state index is 0.0830. The Morgan fingerprint density at radius 1 is 1.18 bits per heavy atom. The molecule has 1 aliphatic rings. The Morgan fingerprint density at radius 3 is 2.27 bits per heavy atom. The van der Waals surface area contributed by atoms with Crippen LogP contribution in [-0.4, -0.2) is 37.5 Å². The monoisotopic (exact) mass is 327 g/mol. The maximum atomic E-state index is 12.2. The van der Waals surface area contributed by atoms with E-state index >= 15 is 0 Å². The molecule has 4 nitrogen and oxygen atoms in total. The van der Waals surface area contributed by atoms with E-state index in [1.54, 1.807) is 4.90 Å². The first-order chi connectivity index (χ1) is 9.83. The molecule has 0 aromatic carbocycles. The summed E-state index contributed by atoms with van der Waals surface area (Å²) in [4.78, 5) is 14.0. The molecule has 1 fully saturated rings. The van der Waals surface area contributed by atoms with Gasteiger partial charge in [0.25, 0.3) is 0 Å². The Balaban J connectivity index is 2.65. The van der Waals surface area contributed by atoms with Crippen LogP contribution in [0.4, 0.5) is 4.79 Å². The second-order valence-corrected chi connectivity index (χ2v) is 13.3. The SMILES string of the molecule is CC(C)(C)OC(=O)N1CCC[C@H]1/C=C\O[Si](C)(C)C(C)(C)C. The molecule has 1 atom stereocenters. The van der Waals surface area contributed by atoms with Gasteiger partial charge in [0.15, 0.2) is 0 Å². The second-order valence-electron chi connectivity index (χ2n) is 8.59. The molecular formula is C17H33NO3Si. The number of hydrogen-bond acceptors (Lipinski definition) is 3. The maximum Gasteiger partial charge on any atom is 0.410 e.